The molecule has 124 valence electrons. The second-order valence-corrected chi connectivity index (χ2v) is 5.89. The van der Waals surface area contributed by atoms with Crippen molar-refractivity contribution in [1.29, 1.82) is 0 Å². The van der Waals surface area contributed by atoms with E-state index in [1.807, 2.05) is 48.3 Å². The molecule has 0 fully saturated rings. The Morgan fingerprint density at radius 2 is 1.92 bits per heavy atom. The van der Waals surface area contributed by atoms with Crippen LogP contribution in [0.1, 0.15) is 5.69 Å². The number of nitrogens with one attached hydrogen (secondary N) is 1. The summed E-state index contributed by atoms with van der Waals surface area (Å²) < 4.78 is 13.3. The third-order valence-corrected chi connectivity index (χ3v) is 4.00. The molecule has 0 aliphatic heterocycles. The van der Waals surface area contributed by atoms with Crippen LogP contribution in [-0.4, -0.2) is 27.2 Å². The van der Waals surface area contributed by atoms with Gasteiger partial charge in [-0.25, -0.2) is 9.37 Å². The van der Waals surface area contributed by atoms with E-state index in [2.05, 4.69) is 20.2 Å². The number of hydrogen-bond acceptors (Lipinski definition) is 4. The van der Waals surface area contributed by atoms with Gasteiger partial charge in [0, 0.05) is 29.2 Å². The van der Waals surface area contributed by atoms with Crippen LogP contribution in [0.2, 0.25) is 0 Å². The zero-order valence-electron chi connectivity index (χ0n) is 13.6. The van der Waals surface area contributed by atoms with Crippen molar-refractivity contribution in [3.8, 4) is 11.3 Å². The number of aromatic nitrogens is 4. The monoisotopic (exact) mass is 333 g/mol. The topological polar surface area (TPSA) is 57.7 Å². The first-order chi connectivity index (χ1) is 12.2. The number of anilines is 1. The Balaban J connectivity index is 1.59. The van der Waals surface area contributed by atoms with Crippen molar-refractivity contribution in [3.63, 3.8) is 0 Å². The molecule has 2 heterocycles. The van der Waals surface area contributed by atoms with Crippen LogP contribution in [0.15, 0.2) is 60.8 Å². The summed E-state index contributed by atoms with van der Waals surface area (Å²) >= 11 is 0. The van der Waals surface area contributed by atoms with Crippen molar-refractivity contribution < 1.29 is 4.39 Å². The van der Waals surface area contributed by atoms with E-state index in [0.29, 0.717) is 12.5 Å². The van der Waals surface area contributed by atoms with E-state index in [4.69, 9.17) is 0 Å². The van der Waals surface area contributed by atoms with Gasteiger partial charge < -0.3 is 9.88 Å². The van der Waals surface area contributed by atoms with Crippen LogP contribution in [0.4, 0.5) is 10.3 Å². The third-order valence-electron chi connectivity index (χ3n) is 4.00. The number of benzene rings is 2. The quantitative estimate of drug-likeness (QED) is 0.617. The van der Waals surface area contributed by atoms with Crippen LogP contribution in [0, 0.1) is 5.82 Å². The van der Waals surface area contributed by atoms with E-state index >= 15 is 0 Å². The number of rotatable bonds is 4. The molecular formula is C19H16FN5. The maximum Gasteiger partial charge on any atom is 0.246 e. The SMILES string of the molecule is CN(Cc1cc2cc(F)ccc2[nH]1)c1nncc(-c2ccccc2)n1. The van der Waals surface area contributed by atoms with E-state index in [-0.39, 0.29) is 5.82 Å². The Morgan fingerprint density at radius 3 is 2.76 bits per heavy atom. The number of nitrogens with zero attached hydrogens (tertiary/aromatic N) is 4. The lowest BCUT2D eigenvalue weighted by atomic mass is 10.2. The fourth-order valence-corrected chi connectivity index (χ4v) is 2.78. The Hall–Kier alpha value is -3.28. The van der Waals surface area contributed by atoms with Gasteiger partial charge in [-0.15, -0.1) is 5.10 Å². The fourth-order valence-electron chi connectivity index (χ4n) is 2.78. The highest BCUT2D eigenvalue weighted by atomic mass is 19.1. The standard InChI is InChI=1S/C19H16FN5/c1-25(12-16-10-14-9-15(20)7-8-17(14)22-16)19-23-18(11-21-24-19)13-5-3-2-4-6-13/h2-11,22H,12H2,1H3. The largest absolute Gasteiger partial charge is 0.357 e. The van der Waals surface area contributed by atoms with Crippen molar-refractivity contribution in [1.82, 2.24) is 20.2 Å². The molecule has 2 aromatic heterocycles. The Morgan fingerprint density at radius 1 is 1.08 bits per heavy atom. The van der Waals surface area contributed by atoms with Crippen LogP contribution >= 0.6 is 0 Å². The molecule has 0 amide bonds. The smallest absolute Gasteiger partial charge is 0.246 e. The summed E-state index contributed by atoms with van der Waals surface area (Å²) in [5.41, 5.74) is 3.63. The molecule has 0 bridgehead atoms. The van der Waals surface area contributed by atoms with Crippen LogP contribution < -0.4 is 4.90 Å². The van der Waals surface area contributed by atoms with Gasteiger partial charge in [0.05, 0.1) is 18.4 Å². The number of fused-ring (bicyclic) bond motifs is 1. The van der Waals surface area contributed by atoms with Gasteiger partial charge in [-0.2, -0.15) is 5.10 Å². The van der Waals surface area contributed by atoms with Gasteiger partial charge in [-0.05, 0) is 24.3 Å². The Labute approximate surface area is 144 Å². The van der Waals surface area contributed by atoms with Crippen molar-refractivity contribution in [2.75, 3.05) is 11.9 Å². The fraction of sp³-hybridized carbons (Fsp3) is 0.105. The highest BCUT2D eigenvalue weighted by Gasteiger charge is 2.10. The molecule has 0 radical (unpaired) electrons. The first kappa shape index (κ1) is 15.3. The van der Waals surface area contributed by atoms with E-state index < -0.39 is 0 Å². The lowest BCUT2D eigenvalue weighted by molar-refractivity contribution is 0.630. The van der Waals surface area contributed by atoms with E-state index in [9.17, 15) is 4.39 Å². The lowest BCUT2D eigenvalue weighted by Gasteiger charge is -2.15. The number of halogens is 1. The second-order valence-electron chi connectivity index (χ2n) is 5.89. The second kappa shape index (κ2) is 6.32. The van der Waals surface area contributed by atoms with Crippen molar-refractivity contribution >= 4 is 16.9 Å². The van der Waals surface area contributed by atoms with Crippen LogP contribution in [0.25, 0.3) is 22.2 Å². The van der Waals surface area contributed by atoms with Gasteiger partial charge in [-0.1, -0.05) is 30.3 Å². The van der Waals surface area contributed by atoms with Gasteiger partial charge in [0.2, 0.25) is 5.95 Å². The number of hydrogen-bond donors (Lipinski definition) is 1. The molecule has 1 N–H and O–H groups in total. The lowest BCUT2D eigenvalue weighted by Crippen LogP contribution is -2.20. The minimum absolute atomic E-state index is 0.241. The summed E-state index contributed by atoms with van der Waals surface area (Å²) in [6, 6.07) is 16.5. The van der Waals surface area contributed by atoms with Gasteiger partial charge in [0.25, 0.3) is 0 Å². The average molecular weight is 333 g/mol. The molecule has 2 aromatic carbocycles. The van der Waals surface area contributed by atoms with Crippen molar-refractivity contribution in [2.24, 2.45) is 0 Å². The average Bonchev–Trinajstić information content (AvgIpc) is 3.04. The third kappa shape index (κ3) is 3.19. The summed E-state index contributed by atoms with van der Waals surface area (Å²) in [5.74, 6) is 0.292. The van der Waals surface area contributed by atoms with E-state index in [1.165, 1.54) is 12.1 Å². The molecule has 0 saturated heterocycles. The highest BCUT2D eigenvalue weighted by molar-refractivity contribution is 5.80. The van der Waals surface area contributed by atoms with Gasteiger partial charge in [0.15, 0.2) is 0 Å². The molecular weight excluding hydrogens is 317 g/mol. The molecule has 4 rings (SSSR count). The van der Waals surface area contributed by atoms with Gasteiger partial charge >= 0.3 is 0 Å². The summed E-state index contributed by atoms with van der Waals surface area (Å²) in [4.78, 5) is 9.77. The van der Waals surface area contributed by atoms with Gasteiger partial charge in [0.1, 0.15) is 5.82 Å². The minimum atomic E-state index is -0.241. The minimum Gasteiger partial charge on any atom is -0.357 e. The number of aromatic amines is 1. The Bertz CT molecular complexity index is 1010. The zero-order valence-corrected chi connectivity index (χ0v) is 13.6. The maximum absolute atomic E-state index is 13.3. The molecule has 0 aliphatic carbocycles. The summed E-state index contributed by atoms with van der Waals surface area (Å²) in [6.07, 6.45) is 1.65. The van der Waals surface area contributed by atoms with Crippen LogP contribution in [-0.2, 0) is 6.54 Å². The normalized spacial score (nSPS) is 11.0. The van der Waals surface area contributed by atoms with Crippen molar-refractivity contribution in [2.45, 2.75) is 6.54 Å². The van der Waals surface area contributed by atoms with E-state index in [0.717, 1.165) is 27.9 Å². The zero-order chi connectivity index (χ0) is 17.2. The molecule has 0 spiro atoms. The molecule has 6 heteroatoms. The molecule has 0 aliphatic rings. The van der Waals surface area contributed by atoms with Crippen LogP contribution in [0.5, 0.6) is 0 Å². The highest BCUT2D eigenvalue weighted by Crippen LogP contribution is 2.20. The maximum atomic E-state index is 13.3. The molecule has 0 unspecified atom stereocenters. The number of H-pyrrole nitrogens is 1. The molecule has 0 atom stereocenters. The first-order valence-corrected chi connectivity index (χ1v) is 7.92. The first-order valence-electron chi connectivity index (χ1n) is 7.92. The van der Waals surface area contributed by atoms with Crippen LogP contribution in [0.3, 0.4) is 0 Å². The van der Waals surface area contributed by atoms with E-state index in [1.54, 1.807) is 12.3 Å². The predicted molar refractivity (Wildman–Crippen MR) is 95.6 cm³/mol. The molecule has 4 aromatic rings. The summed E-state index contributed by atoms with van der Waals surface area (Å²) in [7, 11) is 1.90. The van der Waals surface area contributed by atoms with Crippen molar-refractivity contribution in [3.05, 3.63) is 72.3 Å². The molecule has 5 nitrogen and oxygen atoms in total. The summed E-state index contributed by atoms with van der Waals surface area (Å²) in [6.45, 7) is 0.566. The Kier molecular flexibility index (Phi) is 3.85. The molecule has 0 saturated carbocycles. The molecule has 25 heavy (non-hydrogen) atoms. The predicted octanol–water partition coefficient (Wildman–Crippen LogP) is 3.80. The summed E-state index contributed by atoms with van der Waals surface area (Å²) in [5, 5.41) is 9.03. The van der Waals surface area contributed by atoms with Gasteiger partial charge in [-0.3, -0.25) is 0 Å².